The molecule has 2 aliphatic heterocycles. The summed E-state index contributed by atoms with van der Waals surface area (Å²) in [5.74, 6) is 0. The van der Waals surface area contributed by atoms with Gasteiger partial charge in [0.25, 0.3) is 0 Å². The van der Waals surface area contributed by atoms with Crippen LogP contribution in [0.4, 0.5) is 0 Å². The fourth-order valence-electron chi connectivity index (χ4n) is 1.61. The smallest absolute Gasteiger partial charge is 0.0700 e. The molecule has 0 aromatic carbocycles. The van der Waals surface area contributed by atoms with Crippen molar-refractivity contribution in [3.63, 3.8) is 0 Å². The molecule has 0 atom stereocenters. The monoisotopic (exact) mass is 158 g/mol. The number of rotatable bonds is 0. The molecule has 0 unspecified atom stereocenters. The van der Waals surface area contributed by atoms with E-state index in [0.29, 0.717) is 0 Å². The van der Waals surface area contributed by atoms with Crippen LogP contribution in [-0.2, 0) is 14.2 Å². The molecule has 0 radical (unpaired) electrons. The van der Waals surface area contributed by atoms with Gasteiger partial charge in [-0.25, -0.2) is 0 Å². The van der Waals surface area contributed by atoms with Crippen molar-refractivity contribution >= 4 is 0 Å². The maximum atomic E-state index is 5.43. The van der Waals surface area contributed by atoms with Crippen molar-refractivity contribution in [2.24, 2.45) is 5.41 Å². The van der Waals surface area contributed by atoms with Gasteiger partial charge in [0.2, 0.25) is 0 Å². The Hall–Kier alpha value is -0.120. The molecular formula is C8H14O3. The van der Waals surface area contributed by atoms with Crippen molar-refractivity contribution in [3.8, 4) is 0 Å². The molecule has 0 N–H and O–H groups in total. The van der Waals surface area contributed by atoms with Crippen molar-refractivity contribution in [3.05, 3.63) is 0 Å². The van der Waals surface area contributed by atoms with Crippen LogP contribution in [0.25, 0.3) is 0 Å². The fourth-order valence-corrected chi connectivity index (χ4v) is 1.61. The summed E-state index contributed by atoms with van der Waals surface area (Å²) < 4.78 is 16.2. The van der Waals surface area contributed by atoms with Gasteiger partial charge in [0.1, 0.15) is 0 Å². The highest BCUT2D eigenvalue weighted by Crippen LogP contribution is 2.30. The first-order valence-corrected chi connectivity index (χ1v) is 4.15. The van der Waals surface area contributed by atoms with Crippen molar-refractivity contribution in [2.45, 2.75) is 6.42 Å². The summed E-state index contributed by atoms with van der Waals surface area (Å²) in [5, 5.41) is 0. The van der Waals surface area contributed by atoms with Gasteiger partial charge in [0.05, 0.1) is 33.0 Å². The van der Waals surface area contributed by atoms with Crippen LogP contribution in [0.2, 0.25) is 0 Å². The molecule has 0 aliphatic carbocycles. The van der Waals surface area contributed by atoms with Crippen molar-refractivity contribution in [2.75, 3.05) is 39.6 Å². The Kier molecular flexibility index (Phi) is 2.11. The Morgan fingerprint density at radius 1 is 0.727 bits per heavy atom. The minimum atomic E-state index is 0.191. The Balaban J connectivity index is 1.97. The van der Waals surface area contributed by atoms with E-state index in [1.807, 2.05) is 0 Å². The zero-order valence-electron chi connectivity index (χ0n) is 6.67. The summed E-state index contributed by atoms with van der Waals surface area (Å²) in [6.07, 6.45) is 1.09. The van der Waals surface area contributed by atoms with Crippen LogP contribution in [-0.4, -0.2) is 39.6 Å². The lowest BCUT2D eigenvalue weighted by Gasteiger charge is -2.22. The molecule has 11 heavy (non-hydrogen) atoms. The fraction of sp³-hybridized carbons (Fsp3) is 1.00. The average Bonchev–Trinajstić information content (AvgIpc) is 2.32. The van der Waals surface area contributed by atoms with Crippen LogP contribution in [0.1, 0.15) is 6.42 Å². The van der Waals surface area contributed by atoms with Gasteiger partial charge >= 0.3 is 0 Å². The average molecular weight is 158 g/mol. The van der Waals surface area contributed by atoms with Gasteiger partial charge in [-0.15, -0.1) is 0 Å². The molecule has 0 aromatic rings. The Labute approximate surface area is 66.6 Å². The van der Waals surface area contributed by atoms with Gasteiger partial charge in [-0.2, -0.15) is 0 Å². The van der Waals surface area contributed by atoms with Crippen molar-refractivity contribution in [1.82, 2.24) is 0 Å². The predicted molar refractivity (Wildman–Crippen MR) is 39.5 cm³/mol. The molecule has 0 amide bonds. The molecule has 0 aromatic heterocycles. The third-order valence-corrected chi connectivity index (χ3v) is 2.37. The summed E-state index contributed by atoms with van der Waals surface area (Å²) in [7, 11) is 0. The van der Waals surface area contributed by atoms with Crippen molar-refractivity contribution < 1.29 is 14.2 Å². The summed E-state index contributed by atoms with van der Waals surface area (Å²) in [4.78, 5) is 0. The standard InChI is InChI=1S/C8H14O3/c1-2-9-5-8(1)6-10-3-4-11-7-8/h1-7H2. The van der Waals surface area contributed by atoms with Crippen LogP contribution < -0.4 is 0 Å². The highest BCUT2D eigenvalue weighted by molar-refractivity contribution is 4.83. The predicted octanol–water partition coefficient (Wildman–Crippen LogP) is 0.440. The van der Waals surface area contributed by atoms with Crippen LogP contribution in [0, 0.1) is 5.41 Å². The van der Waals surface area contributed by atoms with E-state index in [4.69, 9.17) is 14.2 Å². The SMILES string of the molecule is C1COCC2(CCOC2)CO1. The van der Waals surface area contributed by atoms with E-state index in [0.717, 1.165) is 46.1 Å². The van der Waals surface area contributed by atoms with Gasteiger partial charge in [-0.1, -0.05) is 0 Å². The van der Waals surface area contributed by atoms with E-state index < -0.39 is 0 Å². The minimum Gasteiger partial charge on any atom is -0.381 e. The molecule has 2 heterocycles. The second kappa shape index (κ2) is 3.09. The first kappa shape index (κ1) is 7.53. The van der Waals surface area contributed by atoms with E-state index in [1.165, 1.54) is 0 Å². The molecule has 2 aliphatic rings. The molecule has 0 saturated carbocycles. The largest absolute Gasteiger partial charge is 0.381 e. The Morgan fingerprint density at radius 3 is 1.73 bits per heavy atom. The van der Waals surface area contributed by atoms with Gasteiger partial charge in [0.15, 0.2) is 0 Å². The first-order chi connectivity index (χ1) is 5.41. The number of ether oxygens (including phenoxy) is 3. The highest BCUT2D eigenvalue weighted by atomic mass is 16.5. The molecule has 1 spiro atoms. The molecule has 3 heteroatoms. The van der Waals surface area contributed by atoms with Crippen LogP contribution >= 0.6 is 0 Å². The van der Waals surface area contributed by atoms with E-state index in [2.05, 4.69) is 0 Å². The molecule has 2 fully saturated rings. The molecular weight excluding hydrogens is 144 g/mol. The molecule has 64 valence electrons. The number of hydrogen-bond donors (Lipinski definition) is 0. The highest BCUT2D eigenvalue weighted by Gasteiger charge is 2.36. The zero-order chi connectivity index (χ0) is 7.57. The van der Waals surface area contributed by atoms with Crippen molar-refractivity contribution in [1.29, 1.82) is 0 Å². The summed E-state index contributed by atoms with van der Waals surface area (Å²) in [5.41, 5.74) is 0.191. The third-order valence-electron chi connectivity index (χ3n) is 2.37. The molecule has 0 bridgehead atoms. The lowest BCUT2D eigenvalue weighted by Crippen LogP contribution is -2.30. The lowest BCUT2D eigenvalue weighted by atomic mass is 9.90. The van der Waals surface area contributed by atoms with Gasteiger partial charge in [0, 0.05) is 12.0 Å². The summed E-state index contributed by atoms with van der Waals surface area (Å²) in [6.45, 7) is 4.78. The normalized spacial score (nSPS) is 30.5. The quantitative estimate of drug-likeness (QED) is 0.512. The van der Waals surface area contributed by atoms with Crippen LogP contribution in [0.15, 0.2) is 0 Å². The molecule has 2 rings (SSSR count). The summed E-state index contributed by atoms with van der Waals surface area (Å²) >= 11 is 0. The maximum Gasteiger partial charge on any atom is 0.0700 e. The van der Waals surface area contributed by atoms with Crippen LogP contribution in [0.3, 0.4) is 0 Å². The first-order valence-electron chi connectivity index (χ1n) is 4.15. The molecule has 3 nitrogen and oxygen atoms in total. The Bertz CT molecular complexity index is 119. The van der Waals surface area contributed by atoms with E-state index in [9.17, 15) is 0 Å². The lowest BCUT2D eigenvalue weighted by molar-refractivity contribution is 0.0388. The minimum absolute atomic E-state index is 0.191. The third kappa shape index (κ3) is 1.55. The van der Waals surface area contributed by atoms with Gasteiger partial charge in [-0.05, 0) is 6.42 Å². The van der Waals surface area contributed by atoms with E-state index in [1.54, 1.807) is 0 Å². The second-order valence-electron chi connectivity index (χ2n) is 3.41. The van der Waals surface area contributed by atoms with E-state index >= 15 is 0 Å². The number of hydrogen-bond acceptors (Lipinski definition) is 3. The Morgan fingerprint density at radius 2 is 1.27 bits per heavy atom. The van der Waals surface area contributed by atoms with Gasteiger partial charge in [-0.3, -0.25) is 0 Å². The van der Waals surface area contributed by atoms with E-state index in [-0.39, 0.29) is 5.41 Å². The second-order valence-corrected chi connectivity index (χ2v) is 3.41. The topological polar surface area (TPSA) is 27.7 Å². The molecule has 2 saturated heterocycles. The van der Waals surface area contributed by atoms with Crippen LogP contribution in [0.5, 0.6) is 0 Å². The maximum absolute atomic E-state index is 5.43. The summed E-state index contributed by atoms with van der Waals surface area (Å²) in [6, 6.07) is 0. The zero-order valence-corrected chi connectivity index (χ0v) is 6.67. The van der Waals surface area contributed by atoms with Gasteiger partial charge < -0.3 is 14.2 Å².